The van der Waals surface area contributed by atoms with Crippen molar-refractivity contribution in [2.75, 3.05) is 5.73 Å². The molecule has 0 aliphatic heterocycles. The lowest BCUT2D eigenvalue weighted by molar-refractivity contribution is -0.274. The summed E-state index contributed by atoms with van der Waals surface area (Å²) in [5.41, 5.74) is 5.76. The highest BCUT2D eigenvalue weighted by atomic mass is 79.9. The van der Waals surface area contributed by atoms with E-state index in [-0.39, 0.29) is 10.2 Å². The first-order valence-corrected chi connectivity index (χ1v) is 4.89. The number of ether oxygens (including phenoxy) is 1. The molecule has 1 aromatic carbocycles. The van der Waals surface area contributed by atoms with Crippen molar-refractivity contribution in [1.29, 1.82) is 0 Å². The molecule has 0 aliphatic rings. The van der Waals surface area contributed by atoms with Gasteiger partial charge in [0.1, 0.15) is 5.75 Å². The van der Waals surface area contributed by atoms with Crippen LogP contribution in [0, 0.1) is 0 Å². The number of hydrogen-bond donors (Lipinski definition) is 1. The largest absolute Gasteiger partial charge is 0.573 e. The van der Waals surface area contributed by atoms with Gasteiger partial charge < -0.3 is 10.5 Å². The van der Waals surface area contributed by atoms with Crippen molar-refractivity contribution < 1.29 is 17.9 Å². The van der Waals surface area contributed by atoms with E-state index in [0.717, 1.165) is 6.07 Å². The van der Waals surface area contributed by atoms with Crippen molar-refractivity contribution in [2.24, 2.45) is 0 Å². The molecule has 1 aromatic rings. The van der Waals surface area contributed by atoms with E-state index in [1.54, 1.807) is 0 Å². The maximum Gasteiger partial charge on any atom is 0.573 e. The van der Waals surface area contributed by atoms with Crippen molar-refractivity contribution in [2.45, 2.75) is 6.36 Å². The molecule has 1 rings (SSSR count). The van der Waals surface area contributed by atoms with Crippen molar-refractivity contribution in [3.05, 3.63) is 21.1 Å². The maximum absolute atomic E-state index is 11.9. The van der Waals surface area contributed by atoms with Gasteiger partial charge in [0.15, 0.2) is 0 Å². The second-order valence-electron chi connectivity index (χ2n) is 2.33. The van der Waals surface area contributed by atoms with Gasteiger partial charge in [-0.2, -0.15) is 0 Å². The summed E-state index contributed by atoms with van der Waals surface area (Å²) in [7, 11) is 0. The predicted octanol–water partition coefficient (Wildman–Crippen LogP) is 3.69. The van der Waals surface area contributed by atoms with Gasteiger partial charge in [-0.05, 0) is 44.0 Å². The van der Waals surface area contributed by atoms with Crippen LogP contribution in [0.2, 0.25) is 0 Å². The fourth-order valence-electron chi connectivity index (χ4n) is 0.750. The van der Waals surface area contributed by atoms with Crippen LogP contribution in [0.4, 0.5) is 18.9 Å². The minimum absolute atomic E-state index is 0.134. The van der Waals surface area contributed by atoms with E-state index in [2.05, 4.69) is 36.6 Å². The molecule has 0 bridgehead atoms. The molecule has 0 aliphatic carbocycles. The third-order valence-corrected chi connectivity index (χ3v) is 3.48. The Labute approximate surface area is 94.5 Å². The quantitative estimate of drug-likeness (QED) is 0.795. The number of benzene rings is 1. The molecule has 0 aromatic heterocycles. The fourth-order valence-corrected chi connectivity index (χ4v) is 1.52. The van der Waals surface area contributed by atoms with E-state index in [0.29, 0.717) is 10.2 Å². The molecule has 0 radical (unpaired) electrons. The number of hydrogen-bond acceptors (Lipinski definition) is 2. The molecule has 0 saturated carbocycles. The highest BCUT2D eigenvalue weighted by Crippen LogP contribution is 2.38. The third-order valence-electron chi connectivity index (χ3n) is 1.30. The Morgan fingerprint density at radius 1 is 1.14 bits per heavy atom. The highest BCUT2D eigenvalue weighted by Gasteiger charge is 2.32. The molecule has 0 amide bonds. The molecule has 0 saturated heterocycles. The van der Waals surface area contributed by atoms with E-state index < -0.39 is 6.36 Å². The number of rotatable bonds is 1. The summed E-state index contributed by atoms with van der Waals surface area (Å²) < 4.78 is 39.8. The molecule has 7 heteroatoms. The van der Waals surface area contributed by atoms with Gasteiger partial charge in [0, 0.05) is 5.69 Å². The average molecular weight is 335 g/mol. The Bertz CT molecular complexity index is 354. The van der Waals surface area contributed by atoms with Crippen LogP contribution in [0.25, 0.3) is 0 Å². The Morgan fingerprint density at radius 3 is 2.21 bits per heavy atom. The molecular formula is C7H4Br2F3NO. The lowest BCUT2D eigenvalue weighted by atomic mass is 10.3. The molecule has 14 heavy (non-hydrogen) atoms. The van der Waals surface area contributed by atoms with Crippen LogP contribution in [-0.4, -0.2) is 6.36 Å². The standard InChI is InChI=1S/C7H4Br2F3NO/c8-5-3(13)1-2-4(6(5)9)14-7(10,11)12/h1-2H,13H2. The minimum Gasteiger partial charge on any atom is -0.405 e. The maximum atomic E-state index is 11.9. The molecule has 0 spiro atoms. The van der Waals surface area contributed by atoms with Crippen molar-refractivity contribution >= 4 is 37.5 Å². The summed E-state index contributed by atoms with van der Waals surface area (Å²) in [4.78, 5) is 0. The Balaban J connectivity index is 3.06. The van der Waals surface area contributed by atoms with Crippen LogP contribution in [0.1, 0.15) is 0 Å². The summed E-state index contributed by atoms with van der Waals surface area (Å²) in [5.74, 6) is -0.335. The molecule has 0 heterocycles. The molecule has 0 unspecified atom stereocenters. The SMILES string of the molecule is Nc1ccc(OC(F)(F)F)c(Br)c1Br. The summed E-state index contributed by atoms with van der Waals surface area (Å²) in [6.07, 6.45) is -4.71. The first-order chi connectivity index (χ1) is 6.31. The number of halogens is 5. The zero-order valence-corrected chi connectivity index (χ0v) is 9.70. The van der Waals surface area contributed by atoms with E-state index in [1.165, 1.54) is 6.07 Å². The molecule has 0 atom stereocenters. The van der Waals surface area contributed by atoms with E-state index in [1.807, 2.05) is 0 Å². The zero-order chi connectivity index (χ0) is 10.9. The number of alkyl halides is 3. The van der Waals surface area contributed by atoms with Gasteiger partial charge in [-0.1, -0.05) is 0 Å². The molecular weight excluding hydrogens is 331 g/mol. The van der Waals surface area contributed by atoms with Gasteiger partial charge in [0.25, 0.3) is 0 Å². The van der Waals surface area contributed by atoms with Crippen molar-refractivity contribution in [3.8, 4) is 5.75 Å². The van der Waals surface area contributed by atoms with Crippen LogP contribution in [0.5, 0.6) is 5.75 Å². The van der Waals surface area contributed by atoms with E-state index >= 15 is 0 Å². The Kier molecular flexibility index (Phi) is 3.31. The third kappa shape index (κ3) is 2.78. The van der Waals surface area contributed by atoms with E-state index in [9.17, 15) is 13.2 Å². The van der Waals surface area contributed by atoms with Crippen LogP contribution >= 0.6 is 31.9 Å². The van der Waals surface area contributed by atoms with Crippen LogP contribution in [0.3, 0.4) is 0 Å². The summed E-state index contributed by atoms with van der Waals surface area (Å²) in [6.45, 7) is 0. The summed E-state index contributed by atoms with van der Waals surface area (Å²) >= 11 is 5.95. The normalized spacial score (nSPS) is 11.5. The lowest BCUT2D eigenvalue weighted by Crippen LogP contribution is -2.17. The van der Waals surface area contributed by atoms with Gasteiger partial charge in [0.2, 0.25) is 0 Å². The first kappa shape index (κ1) is 11.6. The second-order valence-corrected chi connectivity index (χ2v) is 3.91. The van der Waals surface area contributed by atoms with Gasteiger partial charge in [-0.25, -0.2) is 0 Å². The van der Waals surface area contributed by atoms with Gasteiger partial charge in [-0.3, -0.25) is 0 Å². The topological polar surface area (TPSA) is 35.2 Å². The fraction of sp³-hybridized carbons (Fsp3) is 0.143. The monoisotopic (exact) mass is 333 g/mol. The number of nitrogens with two attached hydrogens (primary N) is 1. The van der Waals surface area contributed by atoms with Crippen molar-refractivity contribution in [3.63, 3.8) is 0 Å². The van der Waals surface area contributed by atoms with Gasteiger partial charge in [0.05, 0.1) is 8.95 Å². The average Bonchev–Trinajstić information content (AvgIpc) is 2.04. The van der Waals surface area contributed by atoms with Crippen LogP contribution in [-0.2, 0) is 0 Å². The van der Waals surface area contributed by atoms with Crippen LogP contribution in [0.15, 0.2) is 21.1 Å². The molecule has 78 valence electrons. The van der Waals surface area contributed by atoms with Gasteiger partial charge >= 0.3 is 6.36 Å². The van der Waals surface area contributed by atoms with Gasteiger partial charge in [-0.15, -0.1) is 13.2 Å². The predicted molar refractivity (Wildman–Crippen MR) is 52.9 cm³/mol. The summed E-state index contributed by atoms with van der Waals surface area (Å²) in [6, 6.07) is 2.45. The highest BCUT2D eigenvalue weighted by molar-refractivity contribution is 9.13. The zero-order valence-electron chi connectivity index (χ0n) is 6.53. The molecule has 0 fully saturated rings. The lowest BCUT2D eigenvalue weighted by Gasteiger charge is -2.12. The Hall–Kier alpha value is -0.430. The second kappa shape index (κ2) is 3.98. The minimum atomic E-state index is -4.71. The Morgan fingerprint density at radius 2 is 1.71 bits per heavy atom. The van der Waals surface area contributed by atoms with Crippen molar-refractivity contribution in [1.82, 2.24) is 0 Å². The number of anilines is 1. The summed E-state index contributed by atoms with van der Waals surface area (Å²) in [5, 5.41) is 0. The number of nitrogen functional groups attached to an aromatic ring is 1. The molecule has 2 nitrogen and oxygen atoms in total. The first-order valence-electron chi connectivity index (χ1n) is 3.30. The smallest absolute Gasteiger partial charge is 0.405 e. The van der Waals surface area contributed by atoms with Crippen LogP contribution < -0.4 is 10.5 Å². The molecule has 2 N–H and O–H groups in total. The van der Waals surface area contributed by atoms with E-state index in [4.69, 9.17) is 5.73 Å².